The smallest absolute Gasteiger partial charge is 0.0519 e. The van der Waals surface area contributed by atoms with Crippen LogP contribution in [0.2, 0.25) is 0 Å². The van der Waals surface area contributed by atoms with E-state index in [1.165, 1.54) is 5.57 Å². The van der Waals surface area contributed by atoms with Crippen molar-refractivity contribution < 1.29 is 5.11 Å². The van der Waals surface area contributed by atoms with Crippen LogP contribution in [0.3, 0.4) is 0 Å². The van der Waals surface area contributed by atoms with Crippen LogP contribution in [-0.4, -0.2) is 11.7 Å². The van der Waals surface area contributed by atoms with E-state index in [4.69, 9.17) is 0 Å². The van der Waals surface area contributed by atoms with Crippen LogP contribution < -0.4 is 0 Å². The molecule has 0 spiro atoms. The first kappa shape index (κ1) is 13.5. The molecular weight excluding hydrogens is 196 g/mol. The van der Waals surface area contributed by atoms with E-state index in [-0.39, 0.29) is 17.4 Å². The van der Waals surface area contributed by atoms with Gasteiger partial charge in [0.2, 0.25) is 0 Å². The van der Waals surface area contributed by atoms with Crippen molar-refractivity contribution in [3.63, 3.8) is 0 Å². The Morgan fingerprint density at radius 1 is 1.56 bits per heavy atom. The van der Waals surface area contributed by atoms with Crippen molar-refractivity contribution in [2.45, 2.75) is 47.5 Å². The monoisotopic (exact) mass is 222 g/mol. The number of aliphatic hydroxyl groups excluding tert-OH is 1. The highest BCUT2D eigenvalue weighted by Crippen LogP contribution is 2.44. The van der Waals surface area contributed by atoms with E-state index in [0.717, 1.165) is 12.8 Å². The first-order chi connectivity index (χ1) is 7.35. The zero-order valence-corrected chi connectivity index (χ0v) is 11.4. The summed E-state index contributed by atoms with van der Waals surface area (Å²) < 4.78 is 0. The van der Waals surface area contributed by atoms with Crippen LogP contribution in [0.5, 0.6) is 0 Å². The van der Waals surface area contributed by atoms with Crippen LogP contribution in [0.4, 0.5) is 0 Å². The van der Waals surface area contributed by atoms with Gasteiger partial charge in [-0.3, -0.25) is 0 Å². The number of hydrogen-bond acceptors (Lipinski definition) is 1. The van der Waals surface area contributed by atoms with Gasteiger partial charge in [0.1, 0.15) is 0 Å². The predicted molar refractivity (Wildman–Crippen MR) is 70.3 cm³/mol. The molecule has 1 heteroatoms. The molecule has 2 atom stereocenters. The molecule has 0 aromatic heterocycles. The minimum absolute atomic E-state index is 0.0490. The molecule has 1 aliphatic rings. The molecule has 0 saturated carbocycles. The van der Waals surface area contributed by atoms with Crippen molar-refractivity contribution >= 4 is 0 Å². The minimum Gasteiger partial charge on any atom is -0.395 e. The molecule has 1 N–H and O–H groups in total. The topological polar surface area (TPSA) is 20.2 Å². The fourth-order valence-corrected chi connectivity index (χ4v) is 2.10. The molecule has 1 rings (SSSR count). The largest absolute Gasteiger partial charge is 0.395 e. The first-order valence-electron chi connectivity index (χ1n) is 6.33. The van der Waals surface area contributed by atoms with Gasteiger partial charge in [-0.25, -0.2) is 0 Å². The van der Waals surface area contributed by atoms with Gasteiger partial charge >= 0.3 is 0 Å². The SMILES string of the molecule is CCC(C)(C=C[C@@H]1CC=C(C)C1(C)C)CO. The van der Waals surface area contributed by atoms with Crippen molar-refractivity contribution in [3.8, 4) is 0 Å². The number of rotatable bonds is 4. The fourth-order valence-electron chi connectivity index (χ4n) is 2.10. The van der Waals surface area contributed by atoms with Gasteiger partial charge in [0.25, 0.3) is 0 Å². The Morgan fingerprint density at radius 2 is 2.19 bits per heavy atom. The maximum atomic E-state index is 9.38. The molecule has 0 saturated heterocycles. The Hall–Kier alpha value is -0.560. The lowest BCUT2D eigenvalue weighted by molar-refractivity contribution is 0.179. The highest BCUT2D eigenvalue weighted by atomic mass is 16.3. The molecule has 1 unspecified atom stereocenters. The molecule has 92 valence electrons. The first-order valence-corrected chi connectivity index (χ1v) is 6.33. The second-order valence-corrected chi connectivity index (χ2v) is 5.98. The van der Waals surface area contributed by atoms with Crippen LogP contribution in [0.15, 0.2) is 23.8 Å². The summed E-state index contributed by atoms with van der Waals surface area (Å²) in [5.41, 5.74) is 1.72. The van der Waals surface area contributed by atoms with Gasteiger partial charge in [0.05, 0.1) is 6.61 Å². The Labute approximate surface area is 100 Å². The molecule has 0 aromatic carbocycles. The van der Waals surface area contributed by atoms with E-state index in [9.17, 15) is 5.11 Å². The summed E-state index contributed by atoms with van der Waals surface area (Å²) >= 11 is 0. The quantitative estimate of drug-likeness (QED) is 0.714. The van der Waals surface area contributed by atoms with Crippen molar-refractivity contribution in [2.75, 3.05) is 6.61 Å². The second-order valence-electron chi connectivity index (χ2n) is 5.98. The van der Waals surface area contributed by atoms with Crippen LogP contribution in [0.25, 0.3) is 0 Å². The Kier molecular flexibility index (Phi) is 4.01. The molecule has 0 radical (unpaired) electrons. The summed E-state index contributed by atoms with van der Waals surface area (Å²) in [6.45, 7) is 11.3. The van der Waals surface area contributed by atoms with E-state index in [1.807, 2.05) is 0 Å². The Morgan fingerprint density at radius 3 is 2.56 bits per heavy atom. The third-order valence-corrected chi connectivity index (χ3v) is 4.52. The molecule has 0 aromatic rings. The maximum Gasteiger partial charge on any atom is 0.0519 e. The molecule has 0 fully saturated rings. The van der Waals surface area contributed by atoms with Crippen LogP contribution in [0.1, 0.15) is 47.5 Å². The molecule has 1 aliphatic carbocycles. The summed E-state index contributed by atoms with van der Waals surface area (Å²) in [5.74, 6) is 0.588. The molecule has 16 heavy (non-hydrogen) atoms. The summed E-state index contributed by atoms with van der Waals surface area (Å²) in [7, 11) is 0. The Balaban J connectivity index is 2.73. The van der Waals surface area contributed by atoms with E-state index >= 15 is 0 Å². The standard InChI is InChI=1S/C15H26O/c1-6-15(5,11-16)10-9-13-8-7-12(2)14(13,3)4/h7,9-10,13,16H,6,8,11H2,1-5H3/t13-,15?/m0/s1. The highest BCUT2D eigenvalue weighted by Gasteiger charge is 2.33. The zero-order chi connectivity index (χ0) is 12.4. The molecule has 0 bridgehead atoms. The predicted octanol–water partition coefficient (Wildman–Crippen LogP) is 3.94. The number of allylic oxidation sites excluding steroid dienone is 3. The van der Waals surface area contributed by atoms with E-state index < -0.39 is 0 Å². The highest BCUT2D eigenvalue weighted by molar-refractivity contribution is 5.22. The summed E-state index contributed by atoms with van der Waals surface area (Å²) in [5, 5.41) is 9.38. The lowest BCUT2D eigenvalue weighted by atomic mass is 9.76. The van der Waals surface area contributed by atoms with Gasteiger partial charge in [-0.1, -0.05) is 51.5 Å². The molecule has 0 heterocycles. The van der Waals surface area contributed by atoms with Gasteiger partial charge < -0.3 is 5.11 Å². The van der Waals surface area contributed by atoms with Crippen molar-refractivity contribution in [1.29, 1.82) is 0 Å². The molecular formula is C15H26O. The summed E-state index contributed by atoms with van der Waals surface area (Å²) in [6.07, 6.45) is 9.00. The van der Waals surface area contributed by atoms with Gasteiger partial charge in [0, 0.05) is 5.41 Å². The van der Waals surface area contributed by atoms with E-state index in [0.29, 0.717) is 5.92 Å². The third-order valence-electron chi connectivity index (χ3n) is 4.52. The third kappa shape index (κ3) is 2.57. The number of hydrogen-bond donors (Lipinski definition) is 1. The minimum atomic E-state index is -0.0490. The van der Waals surface area contributed by atoms with Crippen molar-refractivity contribution in [2.24, 2.45) is 16.7 Å². The van der Waals surface area contributed by atoms with Gasteiger partial charge in [-0.2, -0.15) is 0 Å². The van der Waals surface area contributed by atoms with Gasteiger partial charge in [-0.05, 0) is 31.1 Å². The van der Waals surface area contributed by atoms with E-state index in [1.54, 1.807) is 0 Å². The summed E-state index contributed by atoms with van der Waals surface area (Å²) in [6, 6.07) is 0. The lowest BCUT2D eigenvalue weighted by Gasteiger charge is -2.29. The molecule has 0 aliphatic heterocycles. The van der Waals surface area contributed by atoms with Crippen LogP contribution in [-0.2, 0) is 0 Å². The van der Waals surface area contributed by atoms with Crippen molar-refractivity contribution in [3.05, 3.63) is 23.8 Å². The lowest BCUT2D eigenvalue weighted by Crippen LogP contribution is -2.21. The van der Waals surface area contributed by atoms with Gasteiger partial charge in [0.15, 0.2) is 0 Å². The number of aliphatic hydroxyl groups is 1. The van der Waals surface area contributed by atoms with Crippen molar-refractivity contribution in [1.82, 2.24) is 0 Å². The normalized spacial score (nSPS) is 28.1. The maximum absolute atomic E-state index is 9.38. The zero-order valence-electron chi connectivity index (χ0n) is 11.4. The molecule has 0 amide bonds. The second kappa shape index (κ2) is 4.75. The van der Waals surface area contributed by atoms with Gasteiger partial charge in [-0.15, -0.1) is 0 Å². The summed E-state index contributed by atoms with van der Waals surface area (Å²) in [4.78, 5) is 0. The average Bonchev–Trinajstić information content (AvgIpc) is 2.51. The average molecular weight is 222 g/mol. The molecule has 1 nitrogen and oxygen atoms in total. The van der Waals surface area contributed by atoms with E-state index in [2.05, 4.69) is 52.8 Å². The van der Waals surface area contributed by atoms with Crippen LogP contribution in [0, 0.1) is 16.7 Å². The fraction of sp³-hybridized carbons (Fsp3) is 0.733. The van der Waals surface area contributed by atoms with Crippen LogP contribution >= 0.6 is 0 Å². The Bertz CT molecular complexity index is 293.